The lowest BCUT2D eigenvalue weighted by atomic mass is 10.6. The maximum atomic E-state index is 11.2. The van der Waals surface area contributed by atoms with Gasteiger partial charge in [0.25, 0.3) is 0 Å². The second-order valence-electron chi connectivity index (χ2n) is 2.84. The molecule has 0 atom stereocenters. The first-order valence-electron chi connectivity index (χ1n) is 3.82. The van der Waals surface area contributed by atoms with Crippen LogP contribution in [0.25, 0.3) is 0 Å². The summed E-state index contributed by atoms with van der Waals surface area (Å²) < 4.78 is 22.4. The minimum atomic E-state index is -3.31. The monoisotopic (exact) mass is 203 g/mol. The number of hydrogen-bond donors (Lipinski definition) is 1. The van der Waals surface area contributed by atoms with Gasteiger partial charge in [-0.05, 0) is 13.8 Å². The SMILES string of the molecule is C#CCNC(=O)CS(=O)(=O)C(C)C. The molecule has 0 rings (SSSR count). The molecule has 0 bridgehead atoms. The zero-order valence-electron chi connectivity index (χ0n) is 7.70. The average molecular weight is 203 g/mol. The second kappa shape index (κ2) is 4.87. The molecule has 0 aliphatic rings. The van der Waals surface area contributed by atoms with Gasteiger partial charge in [-0.15, -0.1) is 6.42 Å². The van der Waals surface area contributed by atoms with Crippen LogP contribution in [0.3, 0.4) is 0 Å². The number of terminal acetylenes is 1. The van der Waals surface area contributed by atoms with Crippen molar-refractivity contribution < 1.29 is 13.2 Å². The van der Waals surface area contributed by atoms with Crippen molar-refractivity contribution in [3.8, 4) is 12.3 Å². The van der Waals surface area contributed by atoms with Crippen molar-refractivity contribution in [3.05, 3.63) is 0 Å². The molecule has 0 aromatic carbocycles. The van der Waals surface area contributed by atoms with Crippen LogP contribution < -0.4 is 5.32 Å². The Kier molecular flexibility index (Phi) is 4.49. The Morgan fingerprint density at radius 1 is 1.54 bits per heavy atom. The quantitative estimate of drug-likeness (QED) is 0.630. The van der Waals surface area contributed by atoms with Gasteiger partial charge in [-0.3, -0.25) is 4.79 Å². The van der Waals surface area contributed by atoms with Gasteiger partial charge in [0.1, 0.15) is 5.75 Å². The Labute approximate surface area is 78.6 Å². The van der Waals surface area contributed by atoms with E-state index in [0.29, 0.717) is 0 Å². The summed E-state index contributed by atoms with van der Waals surface area (Å²) in [6, 6.07) is 0. The molecule has 1 N–H and O–H groups in total. The van der Waals surface area contributed by atoms with Crippen LogP contribution in [-0.4, -0.2) is 31.9 Å². The zero-order chi connectivity index (χ0) is 10.5. The standard InChI is InChI=1S/C8H13NO3S/c1-4-5-9-8(10)6-13(11,12)7(2)3/h1,7H,5-6H2,2-3H3,(H,9,10). The van der Waals surface area contributed by atoms with Crippen molar-refractivity contribution in [2.45, 2.75) is 19.1 Å². The summed E-state index contributed by atoms with van der Waals surface area (Å²) in [5, 5.41) is 1.75. The summed E-state index contributed by atoms with van der Waals surface area (Å²) in [5.74, 6) is 1.14. The van der Waals surface area contributed by atoms with Gasteiger partial charge in [0.2, 0.25) is 5.91 Å². The fourth-order valence-corrected chi connectivity index (χ4v) is 1.35. The highest BCUT2D eigenvalue weighted by Gasteiger charge is 2.19. The van der Waals surface area contributed by atoms with Crippen molar-refractivity contribution in [1.29, 1.82) is 0 Å². The fraction of sp³-hybridized carbons (Fsp3) is 0.625. The predicted molar refractivity (Wildman–Crippen MR) is 50.8 cm³/mol. The number of amides is 1. The second-order valence-corrected chi connectivity index (χ2v) is 5.39. The van der Waals surface area contributed by atoms with Gasteiger partial charge in [0.15, 0.2) is 9.84 Å². The van der Waals surface area contributed by atoms with Crippen LogP contribution in [0, 0.1) is 12.3 Å². The Hall–Kier alpha value is -1.02. The van der Waals surface area contributed by atoms with Crippen molar-refractivity contribution in [3.63, 3.8) is 0 Å². The molecule has 0 radical (unpaired) electrons. The average Bonchev–Trinajstić information content (AvgIpc) is 1.99. The Morgan fingerprint density at radius 3 is 2.46 bits per heavy atom. The van der Waals surface area contributed by atoms with E-state index < -0.39 is 26.7 Å². The van der Waals surface area contributed by atoms with Crippen LogP contribution in [-0.2, 0) is 14.6 Å². The number of hydrogen-bond acceptors (Lipinski definition) is 3. The van der Waals surface area contributed by atoms with Gasteiger partial charge in [0.05, 0.1) is 11.8 Å². The lowest BCUT2D eigenvalue weighted by molar-refractivity contribution is -0.118. The van der Waals surface area contributed by atoms with Crippen LogP contribution in [0.2, 0.25) is 0 Å². The third kappa shape index (κ3) is 4.53. The van der Waals surface area contributed by atoms with Gasteiger partial charge in [-0.2, -0.15) is 0 Å². The first-order valence-corrected chi connectivity index (χ1v) is 5.53. The highest BCUT2D eigenvalue weighted by atomic mass is 32.2. The molecule has 0 aliphatic heterocycles. The van der Waals surface area contributed by atoms with Crippen molar-refractivity contribution in [2.24, 2.45) is 0 Å². The number of rotatable bonds is 4. The van der Waals surface area contributed by atoms with Crippen molar-refractivity contribution >= 4 is 15.7 Å². The number of nitrogens with one attached hydrogen (secondary N) is 1. The summed E-state index contributed by atoms with van der Waals surface area (Å²) in [6.07, 6.45) is 4.89. The molecule has 74 valence electrons. The lowest BCUT2D eigenvalue weighted by Gasteiger charge is -2.06. The van der Waals surface area contributed by atoms with E-state index in [4.69, 9.17) is 6.42 Å². The van der Waals surface area contributed by atoms with Crippen molar-refractivity contribution in [1.82, 2.24) is 5.32 Å². The third-order valence-electron chi connectivity index (χ3n) is 1.44. The minimum absolute atomic E-state index is 0.0620. The number of carbonyl (C=O) groups is 1. The van der Waals surface area contributed by atoms with Crippen LogP contribution >= 0.6 is 0 Å². The normalized spacial score (nSPS) is 10.9. The maximum Gasteiger partial charge on any atom is 0.235 e. The van der Waals surface area contributed by atoms with Crippen molar-refractivity contribution in [2.75, 3.05) is 12.3 Å². The molecular weight excluding hydrogens is 190 g/mol. The Morgan fingerprint density at radius 2 is 2.08 bits per heavy atom. The first-order chi connectivity index (χ1) is 5.90. The minimum Gasteiger partial charge on any atom is -0.344 e. The van der Waals surface area contributed by atoms with E-state index >= 15 is 0 Å². The largest absolute Gasteiger partial charge is 0.344 e. The van der Waals surface area contributed by atoms with E-state index in [9.17, 15) is 13.2 Å². The lowest BCUT2D eigenvalue weighted by Crippen LogP contribution is -2.33. The van der Waals surface area contributed by atoms with Gasteiger partial charge >= 0.3 is 0 Å². The van der Waals surface area contributed by atoms with Gasteiger partial charge in [0, 0.05) is 0 Å². The Balaban J connectivity index is 4.16. The molecule has 0 spiro atoms. The molecule has 0 unspecified atom stereocenters. The summed E-state index contributed by atoms with van der Waals surface area (Å²) in [7, 11) is -3.31. The van der Waals surface area contributed by atoms with Crippen LogP contribution in [0.4, 0.5) is 0 Å². The van der Waals surface area contributed by atoms with E-state index in [-0.39, 0.29) is 6.54 Å². The fourth-order valence-electron chi connectivity index (χ4n) is 0.550. The van der Waals surface area contributed by atoms with E-state index in [2.05, 4.69) is 11.2 Å². The molecular formula is C8H13NO3S. The van der Waals surface area contributed by atoms with Gasteiger partial charge in [-0.25, -0.2) is 8.42 Å². The molecule has 0 saturated carbocycles. The topological polar surface area (TPSA) is 63.2 Å². The number of sulfone groups is 1. The molecule has 0 heterocycles. The molecule has 5 heteroatoms. The molecule has 0 fully saturated rings. The molecule has 13 heavy (non-hydrogen) atoms. The van der Waals surface area contributed by atoms with Crippen LogP contribution in [0.15, 0.2) is 0 Å². The molecule has 0 aromatic heterocycles. The smallest absolute Gasteiger partial charge is 0.235 e. The summed E-state index contributed by atoms with van der Waals surface area (Å²) in [4.78, 5) is 10.9. The summed E-state index contributed by atoms with van der Waals surface area (Å²) in [5.41, 5.74) is 0. The first kappa shape index (κ1) is 12.0. The molecule has 4 nitrogen and oxygen atoms in total. The van der Waals surface area contributed by atoms with Gasteiger partial charge in [-0.1, -0.05) is 5.92 Å². The van der Waals surface area contributed by atoms with Gasteiger partial charge < -0.3 is 5.32 Å². The Bertz CT molecular complexity index is 311. The number of carbonyl (C=O) groups excluding carboxylic acids is 1. The van der Waals surface area contributed by atoms with E-state index in [1.54, 1.807) is 0 Å². The van der Waals surface area contributed by atoms with E-state index in [0.717, 1.165) is 0 Å². The molecule has 0 aliphatic carbocycles. The van der Waals surface area contributed by atoms with E-state index in [1.165, 1.54) is 13.8 Å². The summed E-state index contributed by atoms with van der Waals surface area (Å²) in [6.45, 7) is 3.13. The molecule has 1 amide bonds. The van der Waals surface area contributed by atoms with Crippen LogP contribution in [0.5, 0.6) is 0 Å². The maximum absolute atomic E-state index is 11.2. The third-order valence-corrected chi connectivity index (χ3v) is 3.54. The highest BCUT2D eigenvalue weighted by molar-refractivity contribution is 7.92. The van der Waals surface area contributed by atoms with E-state index in [1.807, 2.05) is 0 Å². The predicted octanol–water partition coefficient (Wildman–Crippen LogP) is -0.441. The zero-order valence-corrected chi connectivity index (χ0v) is 8.52. The summed E-state index contributed by atoms with van der Waals surface area (Å²) >= 11 is 0. The molecule has 0 saturated heterocycles. The van der Waals surface area contributed by atoms with Crippen LogP contribution in [0.1, 0.15) is 13.8 Å². The molecule has 0 aromatic rings. The highest BCUT2D eigenvalue weighted by Crippen LogP contribution is 1.99.